The molecule has 1 aromatic rings. The molecule has 2 rings (SSSR count). The van der Waals surface area contributed by atoms with Crippen LogP contribution in [0.25, 0.3) is 0 Å². The van der Waals surface area contributed by atoms with Crippen LogP contribution in [-0.2, 0) is 4.74 Å². The van der Waals surface area contributed by atoms with Crippen LogP contribution in [0.15, 0.2) is 24.3 Å². The van der Waals surface area contributed by atoms with Gasteiger partial charge in [-0.25, -0.2) is 0 Å². The molecule has 0 bridgehead atoms. The van der Waals surface area contributed by atoms with Gasteiger partial charge in [0.05, 0.1) is 18.8 Å². The van der Waals surface area contributed by atoms with Crippen molar-refractivity contribution in [3.63, 3.8) is 0 Å². The number of anilines is 1. The molecular formula is C14H23Cl2N3O2. The number of para-hydroxylation sites is 1. The van der Waals surface area contributed by atoms with E-state index in [0.29, 0.717) is 23.8 Å². The molecule has 1 atom stereocenters. The topological polar surface area (TPSA) is 67.6 Å². The monoisotopic (exact) mass is 335 g/mol. The third-order valence-electron chi connectivity index (χ3n) is 3.43. The number of nitrogens with two attached hydrogens (primary N) is 1. The fourth-order valence-electron chi connectivity index (χ4n) is 2.19. The van der Waals surface area contributed by atoms with Crippen LogP contribution in [0.2, 0.25) is 0 Å². The van der Waals surface area contributed by atoms with Crippen LogP contribution in [0.1, 0.15) is 17.3 Å². The zero-order chi connectivity index (χ0) is 13.7. The molecule has 1 heterocycles. The average molecular weight is 336 g/mol. The van der Waals surface area contributed by atoms with Gasteiger partial charge in [0, 0.05) is 31.4 Å². The number of carbonyl (C=O) groups is 1. The van der Waals surface area contributed by atoms with Crippen molar-refractivity contribution in [2.75, 3.05) is 38.6 Å². The maximum atomic E-state index is 12.0. The van der Waals surface area contributed by atoms with E-state index in [0.717, 1.165) is 26.3 Å². The molecule has 5 nitrogen and oxygen atoms in total. The Kier molecular flexibility index (Phi) is 9.37. The molecule has 0 spiro atoms. The van der Waals surface area contributed by atoms with Crippen molar-refractivity contribution in [1.29, 1.82) is 0 Å². The van der Waals surface area contributed by atoms with Crippen LogP contribution in [-0.4, -0.2) is 49.7 Å². The Hall–Kier alpha value is -1.01. The van der Waals surface area contributed by atoms with Gasteiger partial charge < -0.3 is 15.8 Å². The van der Waals surface area contributed by atoms with Crippen molar-refractivity contribution >= 4 is 36.4 Å². The van der Waals surface area contributed by atoms with Crippen LogP contribution in [0.3, 0.4) is 0 Å². The summed E-state index contributed by atoms with van der Waals surface area (Å²) in [7, 11) is 0. The lowest BCUT2D eigenvalue weighted by Gasteiger charge is -2.32. The molecule has 7 heteroatoms. The van der Waals surface area contributed by atoms with E-state index in [-0.39, 0.29) is 30.7 Å². The van der Waals surface area contributed by atoms with E-state index in [1.165, 1.54) is 0 Å². The molecule has 3 N–H and O–H groups in total. The molecule has 0 radical (unpaired) electrons. The zero-order valence-corrected chi connectivity index (χ0v) is 13.7. The first-order chi connectivity index (χ1) is 9.18. The first kappa shape index (κ1) is 20.0. The number of benzene rings is 1. The number of morpholine rings is 1. The van der Waals surface area contributed by atoms with Crippen molar-refractivity contribution in [2.45, 2.75) is 13.0 Å². The lowest BCUT2D eigenvalue weighted by atomic mass is 10.1. The van der Waals surface area contributed by atoms with E-state index in [1.54, 1.807) is 12.1 Å². The van der Waals surface area contributed by atoms with Crippen molar-refractivity contribution < 1.29 is 9.53 Å². The maximum Gasteiger partial charge on any atom is 0.253 e. The second kappa shape index (κ2) is 9.84. The minimum atomic E-state index is -0.113. The molecule has 1 fully saturated rings. The predicted octanol–water partition coefficient (Wildman–Crippen LogP) is 1.56. The van der Waals surface area contributed by atoms with Crippen LogP contribution >= 0.6 is 24.8 Å². The van der Waals surface area contributed by atoms with E-state index in [4.69, 9.17) is 10.5 Å². The highest BCUT2D eigenvalue weighted by Gasteiger charge is 2.18. The summed E-state index contributed by atoms with van der Waals surface area (Å²) in [6.45, 7) is 6.11. The van der Waals surface area contributed by atoms with E-state index >= 15 is 0 Å². The molecule has 1 unspecified atom stereocenters. The normalized spacial score (nSPS) is 16.2. The van der Waals surface area contributed by atoms with Gasteiger partial charge in [0.2, 0.25) is 0 Å². The second-order valence-corrected chi connectivity index (χ2v) is 4.79. The van der Waals surface area contributed by atoms with Crippen molar-refractivity contribution in [1.82, 2.24) is 10.2 Å². The predicted molar refractivity (Wildman–Crippen MR) is 89.5 cm³/mol. The van der Waals surface area contributed by atoms with Gasteiger partial charge in [-0.05, 0) is 19.1 Å². The smallest absolute Gasteiger partial charge is 0.253 e. The zero-order valence-electron chi connectivity index (χ0n) is 12.1. The van der Waals surface area contributed by atoms with Crippen LogP contribution in [0, 0.1) is 0 Å². The number of halogens is 2. The van der Waals surface area contributed by atoms with Gasteiger partial charge >= 0.3 is 0 Å². The molecule has 0 saturated carbocycles. The molecule has 0 aromatic heterocycles. The van der Waals surface area contributed by atoms with Gasteiger partial charge in [-0.3, -0.25) is 9.69 Å². The fraction of sp³-hybridized carbons (Fsp3) is 0.500. The van der Waals surface area contributed by atoms with Gasteiger partial charge in [0.1, 0.15) is 0 Å². The highest BCUT2D eigenvalue weighted by atomic mass is 35.5. The number of hydrogen-bond donors (Lipinski definition) is 2. The molecule has 0 aliphatic carbocycles. The second-order valence-electron chi connectivity index (χ2n) is 4.79. The number of nitrogen functional groups attached to an aromatic ring is 1. The summed E-state index contributed by atoms with van der Waals surface area (Å²) in [6, 6.07) is 7.42. The van der Waals surface area contributed by atoms with E-state index in [1.807, 2.05) is 12.1 Å². The number of hydrogen-bond acceptors (Lipinski definition) is 4. The van der Waals surface area contributed by atoms with Gasteiger partial charge in [-0.2, -0.15) is 0 Å². The fourth-order valence-corrected chi connectivity index (χ4v) is 2.19. The summed E-state index contributed by atoms with van der Waals surface area (Å²) >= 11 is 0. The van der Waals surface area contributed by atoms with Crippen LogP contribution in [0.5, 0.6) is 0 Å². The minimum Gasteiger partial charge on any atom is -0.398 e. The first-order valence-electron chi connectivity index (χ1n) is 6.63. The molecule has 21 heavy (non-hydrogen) atoms. The number of nitrogens with zero attached hydrogens (tertiary/aromatic N) is 1. The quantitative estimate of drug-likeness (QED) is 0.819. The van der Waals surface area contributed by atoms with Gasteiger partial charge in [-0.15, -0.1) is 24.8 Å². The highest BCUT2D eigenvalue weighted by molar-refractivity contribution is 5.99. The van der Waals surface area contributed by atoms with Gasteiger partial charge in [0.25, 0.3) is 5.91 Å². The van der Waals surface area contributed by atoms with Crippen molar-refractivity contribution in [3.8, 4) is 0 Å². The minimum absolute atomic E-state index is 0. The summed E-state index contributed by atoms with van der Waals surface area (Å²) < 4.78 is 5.31. The van der Waals surface area contributed by atoms with Crippen molar-refractivity contribution in [3.05, 3.63) is 29.8 Å². The Morgan fingerprint density at radius 3 is 2.57 bits per heavy atom. The lowest BCUT2D eigenvalue weighted by molar-refractivity contribution is 0.0204. The number of nitrogens with one attached hydrogen (secondary N) is 1. The SMILES string of the molecule is CC(CNC(=O)c1ccccc1N)N1CCOCC1.Cl.Cl. The molecule has 1 aromatic carbocycles. The molecule has 120 valence electrons. The summed E-state index contributed by atoms with van der Waals surface area (Å²) in [5.41, 5.74) is 6.83. The number of ether oxygens (including phenoxy) is 1. The third-order valence-corrected chi connectivity index (χ3v) is 3.43. The Labute approximate surface area is 138 Å². The van der Waals surface area contributed by atoms with Crippen LogP contribution in [0.4, 0.5) is 5.69 Å². The van der Waals surface area contributed by atoms with Gasteiger partial charge in [0.15, 0.2) is 0 Å². The van der Waals surface area contributed by atoms with Crippen LogP contribution < -0.4 is 11.1 Å². The van der Waals surface area contributed by atoms with E-state index in [2.05, 4.69) is 17.1 Å². The summed E-state index contributed by atoms with van der Waals surface area (Å²) in [5.74, 6) is -0.113. The Balaban J connectivity index is 0.00000200. The Bertz CT molecular complexity index is 440. The number of amides is 1. The number of carbonyl (C=O) groups excluding carboxylic acids is 1. The molecular weight excluding hydrogens is 313 g/mol. The average Bonchev–Trinajstić information content (AvgIpc) is 2.46. The molecule has 1 aliphatic rings. The van der Waals surface area contributed by atoms with Gasteiger partial charge in [-0.1, -0.05) is 12.1 Å². The molecule has 1 amide bonds. The molecule has 1 saturated heterocycles. The lowest BCUT2D eigenvalue weighted by Crippen LogP contribution is -2.47. The highest BCUT2D eigenvalue weighted by Crippen LogP contribution is 2.10. The Morgan fingerprint density at radius 2 is 1.95 bits per heavy atom. The summed E-state index contributed by atoms with van der Waals surface area (Å²) in [6.07, 6.45) is 0. The standard InChI is InChI=1S/C14H21N3O2.2ClH/c1-11(17-6-8-19-9-7-17)10-16-14(18)12-4-2-3-5-13(12)15;;/h2-5,11H,6-10,15H2,1H3,(H,16,18);2*1H. The Morgan fingerprint density at radius 1 is 1.33 bits per heavy atom. The maximum absolute atomic E-state index is 12.0. The molecule has 1 aliphatic heterocycles. The number of rotatable bonds is 4. The summed E-state index contributed by atoms with van der Waals surface area (Å²) in [4.78, 5) is 14.3. The third kappa shape index (κ3) is 5.71. The van der Waals surface area contributed by atoms with E-state index in [9.17, 15) is 4.79 Å². The largest absolute Gasteiger partial charge is 0.398 e. The summed E-state index contributed by atoms with van der Waals surface area (Å²) in [5, 5.41) is 2.94. The first-order valence-corrected chi connectivity index (χ1v) is 6.63. The van der Waals surface area contributed by atoms with E-state index < -0.39 is 0 Å². The van der Waals surface area contributed by atoms with Crippen molar-refractivity contribution in [2.24, 2.45) is 0 Å².